The molecular formula is C49H28N4O2. The van der Waals surface area contributed by atoms with Gasteiger partial charge in [0.1, 0.15) is 22.3 Å². The van der Waals surface area contributed by atoms with Gasteiger partial charge in [-0.1, -0.05) is 109 Å². The smallest absolute Gasteiger partial charge is 0.167 e. The molecule has 0 atom stereocenters. The Morgan fingerprint density at radius 3 is 1.84 bits per heavy atom. The van der Waals surface area contributed by atoms with Crippen LogP contribution in [0.3, 0.4) is 0 Å². The van der Waals surface area contributed by atoms with Crippen molar-refractivity contribution in [3.05, 3.63) is 170 Å². The second-order valence-electron chi connectivity index (χ2n) is 14.0. The van der Waals surface area contributed by atoms with Gasteiger partial charge in [-0.2, -0.15) is 0 Å². The van der Waals surface area contributed by atoms with E-state index in [2.05, 4.69) is 114 Å². The Hall–Kier alpha value is -7.57. The number of aromatic nitrogens is 4. The minimum atomic E-state index is 0.539. The minimum Gasteiger partial charge on any atom is -0.456 e. The predicted octanol–water partition coefficient (Wildman–Crippen LogP) is 12.9. The molecule has 6 heteroatoms. The molecule has 12 rings (SSSR count). The maximum Gasteiger partial charge on any atom is 0.167 e. The van der Waals surface area contributed by atoms with Crippen LogP contribution in [0.2, 0.25) is 0 Å². The molecule has 0 saturated carbocycles. The summed E-state index contributed by atoms with van der Waals surface area (Å²) in [5, 5.41) is 8.88. The topological polar surface area (TPSA) is 69.9 Å². The van der Waals surface area contributed by atoms with Crippen LogP contribution in [0.25, 0.3) is 116 Å². The molecule has 4 heterocycles. The van der Waals surface area contributed by atoms with Gasteiger partial charge in [0, 0.05) is 49.1 Å². The molecule has 55 heavy (non-hydrogen) atoms. The van der Waals surface area contributed by atoms with E-state index >= 15 is 0 Å². The van der Waals surface area contributed by atoms with Crippen molar-refractivity contribution < 1.29 is 8.83 Å². The summed E-state index contributed by atoms with van der Waals surface area (Å²) in [6.45, 7) is 0. The summed E-state index contributed by atoms with van der Waals surface area (Å²) < 4.78 is 15.0. The van der Waals surface area contributed by atoms with Gasteiger partial charge < -0.3 is 13.4 Å². The van der Waals surface area contributed by atoms with E-state index in [4.69, 9.17) is 23.8 Å². The molecule has 0 spiro atoms. The van der Waals surface area contributed by atoms with Crippen LogP contribution in [-0.4, -0.2) is 19.5 Å². The molecule has 0 aliphatic rings. The maximum absolute atomic E-state index is 6.50. The summed E-state index contributed by atoms with van der Waals surface area (Å²) >= 11 is 0. The van der Waals surface area contributed by atoms with E-state index in [1.807, 2.05) is 60.7 Å². The zero-order chi connectivity index (χ0) is 36.0. The lowest BCUT2D eigenvalue weighted by molar-refractivity contribution is 0.669. The summed E-state index contributed by atoms with van der Waals surface area (Å²) in [7, 11) is 0. The average molecular weight is 705 g/mol. The fourth-order valence-electron chi connectivity index (χ4n) is 8.25. The van der Waals surface area contributed by atoms with Crippen LogP contribution in [0.5, 0.6) is 0 Å². The van der Waals surface area contributed by atoms with Gasteiger partial charge in [-0.3, -0.25) is 0 Å². The molecule has 256 valence electrons. The van der Waals surface area contributed by atoms with Gasteiger partial charge in [-0.05, 0) is 71.4 Å². The number of hydrogen-bond acceptors (Lipinski definition) is 5. The van der Waals surface area contributed by atoms with Crippen LogP contribution in [0.4, 0.5) is 0 Å². The van der Waals surface area contributed by atoms with Crippen molar-refractivity contribution in [3.8, 4) is 39.9 Å². The molecule has 4 aromatic heterocycles. The molecule has 0 unspecified atom stereocenters. The first kappa shape index (κ1) is 29.9. The van der Waals surface area contributed by atoms with E-state index in [1.54, 1.807) is 0 Å². The molecule has 0 aliphatic heterocycles. The van der Waals surface area contributed by atoms with E-state index < -0.39 is 0 Å². The Balaban J connectivity index is 1.11. The van der Waals surface area contributed by atoms with Crippen molar-refractivity contribution in [3.63, 3.8) is 0 Å². The van der Waals surface area contributed by atoms with Gasteiger partial charge in [0.25, 0.3) is 0 Å². The maximum atomic E-state index is 6.50. The first-order chi connectivity index (χ1) is 27.2. The zero-order valence-electron chi connectivity index (χ0n) is 29.3. The van der Waals surface area contributed by atoms with Crippen molar-refractivity contribution in [2.24, 2.45) is 0 Å². The molecule has 12 aromatic rings. The van der Waals surface area contributed by atoms with Crippen LogP contribution >= 0.6 is 0 Å². The first-order valence-corrected chi connectivity index (χ1v) is 18.3. The van der Waals surface area contributed by atoms with Gasteiger partial charge in [-0.25, -0.2) is 15.0 Å². The van der Waals surface area contributed by atoms with Crippen LogP contribution in [0.1, 0.15) is 0 Å². The first-order valence-electron chi connectivity index (χ1n) is 18.3. The Kier molecular flexibility index (Phi) is 6.24. The van der Waals surface area contributed by atoms with Crippen molar-refractivity contribution in [2.45, 2.75) is 0 Å². The molecule has 0 amide bonds. The largest absolute Gasteiger partial charge is 0.456 e. The highest BCUT2D eigenvalue weighted by Gasteiger charge is 2.20. The molecule has 0 fully saturated rings. The highest BCUT2D eigenvalue weighted by atomic mass is 16.3. The Labute approximate surface area is 313 Å². The number of para-hydroxylation sites is 4. The van der Waals surface area contributed by atoms with Crippen LogP contribution < -0.4 is 0 Å². The van der Waals surface area contributed by atoms with E-state index in [0.717, 1.165) is 82.7 Å². The molecular weight excluding hydrogens is 677 g/mol. The summed E-state index contributed by atoms with van der Waals surface area (Å²) in [6.07, 6.45) is 0. The molecule has 0 saturated heterocycles. The molecule has 0 bridgehead atoms. The molecule has 0 aliphatic carbocycles. The SMILES string of the molecule is c1ccc2cc(-n3c4ccccc4c4ccc(-c5nc(-c6ccc7oc8ccccc8c7c6)nc(-c6cccc7c6oc6ccccc67)n5)cc43)ccc2c1. The van der Waals surface area contributed by atoms with Crippen molar-refractivity contribution in [1.82, 2.24) is 19.5 Å². The molecule has 0 N–H and O–H groups in total. The summed E-state index contributed by atoms with van der Waals surface area (Å²) in [6, 6.07) is 58.8. The fraction of sp³-hybridized carbons (Fsp3) is 0. The number of furan rings is 2. The van der Waals surface area contributed by atoms with Crippen molar-refractivity contribution in [2.75, 3.05) is 0 Å². The fourth-order valence-corrected chi connectivity index (χ4v) is 8.25. The van der Waals surface area contributed by atoms with E-state index in [-0.39, 0.29) is 0 Å². The number of benzene rings is 8. The molecule has 0 radical (unpaired) electrons. The van der Waals surface area contributed by atoms with E-state index in [9.17, 15) is 0 Å². The van der Waals surface area contributed by atoms with Crippen LogP contribution in [0, 0.1) is 0 Å². The predicted molar refractivity (Wildman–Crippen MR) is 223 cm³/mol. The van der Waals surface area contributed by atoms with Crippen LogP contribution in [-0.2, 0) is 0 Å². The second-order valence-corrected chi connectivity index (χ2v) is 14.0. The summed E-state index contributed by atoms with van der Waals surface area (Å²) in [5.74, 6) is 1.68. The standard InChI is InChI=1S/C49H28N4O2/c1-2-11-30-26-33(23-20-29(30)10-1)53-41-17-6-3-12-34(41)35-24-21-32(28-42(35)53)48-50-47(31-22-25-45-40(27-31)37-14-5-7-18-43(37)54-45)51-49(52-48)39-16-9-15-38-36-13-4-8-19-44(36)55-46(38)39/h1-28H. The van der Waals surface area contributed by atoms with Crippen LogP contribution in [0.15, 0.2) is 179 Å². The number of rotatable bonds is 4. The zero-order valence-corrected chi connectivity index (χ0v) is 29.3. The molecule has 8 aromatic carbocycles. The number of hydrogen-bond donors (Lipinski definition) is 0. The van der Waals surface area contributed by atoms with Gasteiger partial charge in [-0.15, -0.1) is 0 Å². The summed E-state index contributed by atoms with van der Waals surface area (Å²) in [4.78, 5) is 15.6. The van der Waals surface area contributed by atoms with Gasteiger partial charge in [0.05, 0.1) is 16.6 Å². The quantitative estimate of drug-likeness (QED) is 0.182. The third kappa shape index (κ3) is 4.58. The lowest BCUT2D eigenvalue weighted by atomic mass is 10.1. The second kappa shape index (κ2) is 11.5. The highest BCUT2D eigenvalue weighted by Crippen LogP contribution is 2.39. The number of fused-ring (bicyclic) bond motifs is 10. The lowest BCUT2D eigenvalue weighted by Gasteiger charge is -2.11. The Morgan fingerprint density at radius 2 is 0.982 bits per heavy atom. The van der Waals surface area contributed by atoms with Gasteiger partial charge in [0.15, 0.2) is 17.5 Å². The summed E-state index contributed by atoms with van der Waals surface area (Å²) in [5.41, 5.74) is 9.09. The number of nitrogens with zero attached hydrogens (tertiary/aromatic N) is 4. The average Bonchev–Trinajstić information content (AvgIpc) is 3.92. The van der Waals surface area contributed by atoms with Gasteiger partial charge in [0.2, 0.25) is 0 Å². The third-order valence-electron chi connectivity index (χ3n) is 10.8. The Morgan fingerprint density at radius 1 is 0.364 bits per heavy atom. The van der Waals surface area contributed by atoms with E-state index in [1.165, 1.54) is 16.2 Å². The monoisotopic (exact) mass is 704 g/mol. The molecule has 6 nitrogen and oxygen atoms in total. The highest BCUT2D eigenvalue weighted by molar-refractivity contribution is 6.11. The van der Waals surface area contributed by atoms with Crippen molar-refractivity contribution in [1.29, 1.82) is 0 Å². The Bertz CT molecular complexity index is 3520. The minimum absolute atomic E-state index is 0.539. The van der Waals surface area contributed by atoms with Crippen molar-refractivity contribution >= 4 is 76.5 Å². The normalized spacial score (nSPS) is 12.0. The lowest BCUT2D eigenvalue weighted by Crippen LogP contribution is -2.01. The van der Waals surface area contributed by atoms with Gasteiger partial charge >= 0.3 is 0 Å². The van der Waals surface area contributed by atoms with E-state index in [0.29, 0.717) is 17.5 Å². The third-order valence-corrected chi connectivity index (χ3v) is 10.8.